The summed E-state index contributed by atoms with van der Waals surface area (Å²) in [5.41, 5.74) is 0. The van der Waals surface area contributed by atoms with Crippen molar-refractivity contribution in [2.45, 2.75) is 508 Å². The molecule has 3 N–H and O–H groups in total. The van der Waals surface area contributed by atoms with Crippen molar-refractivity contribution in [1.29, 1.82) is 0 Å². The van der Waals surface area contributed by atoms with Gasteiger partial charge >= 0.3 is 5.97 Å². The molecule has 0 radical (unpaired) electrons. The molecular formula is C83H165NO5. The van der Waals surface area contributed by atoms with Crippen molar-refractivity contribution in [2.75, 3.05) is 13.2 Å². The van der Waals surface area contributed by atoms with Crippen molar-refractivity contribution < 1.29 is 24.5 Å². The van der Waals surface area contributed by atoms with Crippen LogP contribution in [-0.2, 0) is 14.3 Å². The summed E-state index contributed by atoms with van der Waals surface area (Å²) in [7, 11) is 0. The summed E-state index contributed by atoms with van der Waals surface area (Å²) in [4.78, 5) is 24.7. The average Bonchev–Trinajstić information content (AvgIpc) is 3.56. The van der Waals surface area contributed by atoms with E-state index in [0.717, 1.165) is 38.5 Å². The van der Waals surface area contributed by atoms with E-state index in [1.54, 1.807) is 0 Å². The van der Waals surface area contributed by atoms with Gasteiger partial charge in [-0.15, -0.1) is 0 Å². The molecule has 0 aliphatic carbocycles. The van der Waals surface area contributed by atoms with Gasteiger partial charge in [-0.3, -0.25) is 9.59 Å². The Bertz CT molecular complexity index is 1310. The van der Waals surface area contributed by atoms with E-state index in [1.165, 1.54) is 424 Å². The molecule has 0 rings (SSSR count). The normalized spacial score (nSPS) is 12.4. The lowest BCUT2D eigenvalue weighted by Gasteiger charge is -2.22. The second-order valence-electron chi connectivity index (χ2n) is 29.2. The van der Waals surface area contributed by atoms with Gasteiger partial charge in [-0.25, -0.2) is 0 Å². The van der Waals surface area contributed by atoms with Crippen LogP contribution in [0.25, 0.3) is 0 Å². The highest BCUT2D eigenvalue weighted by Gasteiger charge is 2.20. The van der Waals surface area contributed by atoms with Gasteiger partial charge in [0, 0.05) is 12.8 Å². The molecule has 0 aromatic heterocycles. The highest BCUT2D eigenvalue weighted by Crippen LogP contribution is 2.21. The monoisotopic (exact) mass is 1260 g/mol. The highest BCUT2D eigenvalue weighted by atomic mass is 16.5. The van der Waals surface area contributed by atoms with Crippen LogP contribution in [0.15, 0.2) is 0 Å². The summed E-state index contributed by atoms with van der Waals surface area (Å²) in [5.74, 6) is 0.00218. The fraction of sp³-hybridized carbons (Fsp3) is 0.976. The minimum Gasteiger partial charge on any atom is -0.466 e. The maximum absolute atomic E-state index is 12.6. The van der Waals surface area contributed by atoms with E-state index < -0.39 is 12.1 Å². The van der Waals surface area contributed by atoms with E-state index in [9.17, 15) is 19.8 Å². The molecule has 532 valence electrons. The molecular weight excluding hydrogens is 1090 g/mol. The zero-order chi connectivity index (χ0) is 64.2. The predicted octanol–water partition coefficient (Wildman–Crippen LogP) is 27.7. The number of hydrogen-bond donors (Lipinski definition) is 3. The number of amides is 1. The molecule has 0 fully saturated rings. The van der Waals surface area contributed by atoms with Crippen LogP contribution in [0.1, 0.15) is 495 Å². The molecule has 0 saturated carbocycles. The van der Waals surface area contributed by atoms with Gasteiger partial charge in [0.05, 0.1) is 25.4 Å². The molecule has 1 amide bonds. The van der Waals surface area contributed by atoms with Gasteiger partial charge in [0.25, 0.3) is 0 Å². The molecule has 0 heterocycles. The molecule has 2 unspecified atom stereocenters. The third kappa shape index (κ3) is 75.8. The number of ether oxygens (including phenoxy) is 1. The Labute approximate surface area is 559 Å². The summed E-state index contributed by atoms with van der Waals surface area (Å²) in [6, 6.07) is -0.539. The zero-order valence-corrected chi connectivity index (χ0v) is 61.2. The van der Waals surface area contributed by atoms with Gasteiger partial charge in [-0.2, -0.15) is 0 Å². The number of nitrogens with one attached hydrogen (secondary N) is 1. The Morgan fingerprint density at radius 3 is 0.685 bits per heavy atom. The summed E-state index contributed by atoms with van der Waals surface area (Å²) in [5, 5.41) is 23.5. The van der Waals surface area contributed by atoms with Crippen molar-refractivity contribution in [3.8, 4) is 0 Å². The van der Waals surface area contributed by atoms with Crippen molar-refractivity contribution in [3.63, 3.8) is 0 Å². The number of unbranched alkanes of at least 4 members (excludes halogenated alkanes) is 69. The number of esters is 1. The third-order valence-electron chi connectivity index (χ3n) is 20.2. The van der Waals surface area contributed by atoms with Gasteiger partial charge in [-0.05, 0) is 25.7 Å². The number of carbonyl (C=O) groups excluding carboxylic acids is 2. The standard InChI is InChI=1S/C83H165NO5/c1-3-5-7-9-11-13-15-17-19-21-23-24-25-34-37-40-43-47-51-55-59-63-67-71-75-81(86)80(79-85)84-82(87)76-72-68-64-60-56-52-48-44-41-38-35-32-30-28-26-27-29-31-33-36-39-42-46-50-54-58-62-66-70-74-78-89-83(88)77-73-69-65-61-57-53-49-45-22-20-18-16-14-12-10-8-6-4-2/h80-81,85-86H,3-79H2,1-2H3,(H,84,87). The second-order valence-corrected chi connectivity index (χ2v) is 29.2. The van der Waals surface area contributed by atoms with E-state index in [1.807, 2.05) is 0 Å². The van der Waals surface area contributed by atoms with Crippen LogP contribution in [-0.4, -0.2) is 47.4 Å². The smallest absolute Gasteiger partial charge is 0.305 e. The molecule has 0 aromatic rings. The van der Waals surface area contributed by atoms with Crippen LogP contribution < -0.4 is 5.32 Å². The van der Waals surface area contributed by atoms with E-state index in [2.05, 4.69) is 19.2 Å². The SMILES string of the molecule is CCCCCCCCCCCCCCCCCCCCCCCCCCC(O)C(CO)NC(=O)CCCCCCCCCCCCCCCCCCCCCCCCCCCCCCCCOC(=O)CCCCCCCCCCCCCCCCCCCC. The Balaban J connectivity index is 3.32. The molecule has 0 aromatic carbocycles. The highest BCUT2D eigenvalue weighted by molar-refractivity contribution is 5.76. The first-order chi connectivity index (χ1) is 44.0. The van der Waals surface area contributed by atoms with Crippen LogP contribution in [0.5, 0.6) is 0 Å². The quantitative estimate of drug-likeness (QED) is 0.0417. The zero-order valence-electron chi connectivity index (χ0n) is 61.2. The maximum Gasteiger partial charge on any atom is 0.305 e. The summed E-state index contributed by atoms with van der Waals surface area (Å²) in [6.07, 6.45) is 99.3. The van der Waals surface area contributed by atoms with Crippen LogP contribution in [0.4, 0.5) is 0 Å². The largest absolute Gasteiger partial charge is 0.466 e. The first-order valence-electron chi connectivity index (χ1n) is 41.8. The van der Waals surface area contributed by atoms with Gasteiger partial charge in [0.1, 0.15) is 0 Å². The van der Waals surface area contributed by atoms with E-state index in [-0.39, 0.29) is 18.5 Å². The predicted molar refractivity (Wildman–Crippen MR) is 394 cm³/mol. The molecule has 6 heteroatoms. The van der Waals surface area contributed by atoms with Crippen LogP contribution in [0.3, 0.4) is 0 Å². The van der Waals surface area contributed by atoms with E-state index >= 15 is 0 Å². The van der Waals surface area contributed by atoms with Crippen molar-refractivity contribution in [3.05, 3.63) is 0 Å². The van der Waals surface area contributed by atoms with Crippen molar-refractivity contribution >= 4 is 11.9 Å². The first-order valence-corrected chi connectivity index (χ1v) is 41.8. The minimum absolute atomic E-state index is 0.0242. The van der Waals surface area contributed by atoms with Gasteiger partial charge in [-0.1, -0.05) is 457 Å². The third-order valence-corrected chi connectivity index (χ3v) is 20.2. The van der Waals surface area contributed by atoms with Crippen molar-refractivity contribution in [2.24, 2.45) is 0 Å². The molecule has 0 bridgehead atoms. The summed E-state index contributed by atoms with van der Waals surface area (Å²) < 4.78 is 5.52. The minimum atomic E-state index is -0.662. The van der Waals surface area contributed by atoms with Crippen molar-refractivity contribution in [1.82, 2.24) is 5.32 Å². The molecule has 0 saturated heterocycles. The maximum atomic E-state index is 12.6. The lowest BCUT2D eigenvalue weighted by molar-refractivity contribution is -0.143. The Morgan fingerprint density at radius 2 is 0.461 bits per heavy atom. The topological polar surface area (TPSA) is 95.9 Å². The molecule has 2 atom stereocenters. The molecule has 0 aliphatic heterocycles. The first kappa shape index (κ1) is 87.9. The average molecular weight is 1260 g/mol. The summed E-state index contributed by atoms with van der Waals surface area (Å²) >= 11 is 0. The van der Waals surface area contributed by atoms with Crippen LogP contribution in [0.2, 0.25) is 0 Å². The molecule has 89 heavy (non-hydrogen) atoms. The fourth-order valence-electron chi connectivity index (χ4n) is 13.8. The van der Waals surface area contributed by atoms with Gasteiger partial charge in [0.2, 0.25) is 5.91 Å². The van der Waals surface area contributed by atoms with Crippen LogP contribution in [0, 0.1) is 0 Å². The van der Waals surface area contributed by atoms with Gasteiger partial charge in [0.15, 0.2) is 0 Å². The van der Waals surface area contributed by atoms with Gasteiger partial charge < -0.3 is 20.3 Å². The Morgan fingerprint density at radius 1 is 0.270 bits per heavy atom. The lowest BCUT2D eigenvalue weighted by Crippen LogP contribution is -2.45. The number of hydrogen-bond acceptors (Lipinski definition) is 5. The summed E-state index contributed by atoms with van der Waals surface area (Å²) in [6.45, 7) is 5.03. The molecule has 0 spiro atoms. The second kappa shape index (κ2) is 79.3. The Kier molecular flexibility index (Phi) is 78.3. The molecule has 0 aliphatic rings. The van der Waals surface area contributed by atoms with E-state index in [0.29, 0.717) is 25.9 Å². The number of aliphatic hydroxyl groups excluding tert-OH is 2. The fourth-order valence-corrected chi connectivity index (χ4v) is 13.8. The number of rotatable bonds is 80. The lowest BCUT2D eigenvalue weighted by atomic mass is 10.0. The van der Waals surface area contributed by atoms with Crippen LogP contribution >= 0.6 is 0 Å². The number of aliphatic hydroxyl groups is 2. The van der Waals surface area contributed by atoms with E-state index in [4.69, 9.17) is 4.74 Å². The number of carbonyl (C=O) groups is 2. The molecule has 6 nitrogen and oxygen atoms in total. The Hall–Kier alpha value is -1.14.